The van der Waals surface area contributed by atoms with Gasteiger partial charge in [-0.3, -0.25) is 0 Å². The number of aryl methyl sites for hydroxylation is 1. The topological polar surface area (TPSA) is 21.3 Å². The average Bonchev–Trinajstić information content (AvgIpc) is 2.63. The number of hydrogen-bond acceptors (Lipinski definition) is 2. The van der Waals surface area contributed by atoms with Gasteiger partial charge in [0.15, 0.2) is 0 Å². The molecule has 6 heteroatoms. The molecule has 0 radical (unpaired) electrons. The summed E-state index contributed by atoms with van der Waals surface area (Å²) < 4.78 is 19.1. The summed E-state index contributed by atoms with van der Waals surface area (Å²) in [5, 5.41) is 4.96. The zero-order valence-electron chi connectivity index (χ0n) is 14.5. The van der Waals surface area contributed by atoms with E-state index in [9.17, 15) is 4.39 Å². The third-order valence-electron chi connectivity index (χ3n) is 4.08. The second kappa shape index (κ2) is 8.83. The maximum atomic E-state index is 13.2. The first-order chi connectivity index (χ1) is 12.9. The highest BCUT2D eigenvalue weighted by Crippen LogP contribution is 2.27. The molecule has 0 bridgehead atoms. The van der Waals surface area contributed by atoms with E-state index >= 15 is 0 Å². The van der Waals surface area contributed by atoms with E-state index < -0.39 is 0 Å². The Balaban J connectivity index is 1.73. The van der Waals surface area contributed by atoms with Crippen LogP contribution >= 0.6 is 34.8 Å². The quantitative estimate of drug-likeness (QED) is 0.449. The minimum atomic E-state index is -0.378. The lowest BCUT2D eigenvalue weighted by Gasteiger charge is -2.14. The van der Waals surface area contributed by atoms with Crippen molar-refractivity contribution in [2.45, 2.75) is 20.1 Å². The van der Waals surface area contributed by atoms with Crippen LogP contribution in [-0.4, -0.2) is 0 Å². The molecule has 0 fully saturated rings. The van der Waals surface area contributed by atoms with Crippen LogP contribution < -0.4 is 10.1 Å². The number of benzene rings is 3. The second-order valence-electron chi connectivity index (χ2n) is 6.09. The zero-order valence-corrected chi connectivity index (χ0v) is 16.8. The lowest BCUT2D eigenvalue weighted by molar-refractivity contribution is 0.303. The van der Waals surface area contributed by atoms with Gasteiger partial charge < -0.3 is 10.1 Å². The predicted octanol–water partition coefficient (Wildman–Crippen LogP) is 7.29. The molecule has 3 aromatic rings. The SMILES string of the molecule is Cc1ccc(NCc2cc(Cl)ccc2OCc2ccc(F)cc2Cl)cc1Cl. The highest BCUT2D eigenvalue weighted by molar-refractivity contribution is 6.32. The van der Waals surface area contributed by atoms with E-state index in [1.807, 2.05) is 31.2 Å². The molecule has 0 unspecified atom stereocenters. The third kappa shape index (κ3) is 5.29. The number of ether oxygens (including phenoxy) is 1. The summed E-state index contributed by atoms with van der Waals surface area (Å²) in [5.74, 6) is 0.294. The summed E-state index contributed by atoms with van der Waals surface area (Å²) in [4.78, 5) is 0. The molecule has 140 valence electrons. The van der Waals surface area contributed by atoms with Crippen LogP contribution in [0.1, 0.15) is 16.7 Å². The van der Waals surface area contributed by atoms with Crippen LogP contribution in [0.4, 0.5) is 10.1 Å². The number of halogens is 4. The van der Waals surface area contributed by atoms with Gasteiger partial charge in [-0.15, -0.1) is 0 Å². The minimum absolute atomic E-state index is 0.226. The highest BCUT2D eigenvalue weighted by Gasteiger charge is 2.08. The Labute approximate surface area is 172 Å². The molecule has 0 saturated heterocycles. The molecule has 2 nitrogen and oxygen atoms in total. The molecule has 0 aliphatic heterocycles. The molecule has 0 spiro atoms. The monoisotopic (exact) mass is 423 g/mol. The minimum Gasteiger partial charge on any atom is -0.488 e. The van der Waals surface area contributed by atoms with Crippen molar-refractivity contribution in [3.05, 3.63) is 92.2 Å². The van der Waals surface area contributed by atoms with Crippen molar-refractivity contribution in [1.29, 1.82) is 0 Å². The number of anilines is 1. The van der Waals surface area contributed by atoms with Gasteiger partial charge in [-0.05, 0) is 55.0 Å². The fourth-order valence-electron chi connectivity index (χ4n) is 2.52. The third-order valence-corrected chi connectivity index (χ3v) is 5.07. The highest BCUT2D eigenvalue weighted by atomic mass is 35.5. The standard InChI is InChI=1S/C21H17Cl3FNO/c1-13-2-6-18(10-19(13)23)26-11-15-8-16(22)4-7-21(15)27-12-14-3-5-17(25)9-20(14)24/h2-10,26H,11-12H2,1H3. The van der Waals surface area contributed by atoms with Gasteiger partial charge in [0, 0.05) is 33.4 Å². The zero-order chi connectivity index (χ0) is 19.4. The first-order valence-electron chi connectivity index (χ1n) is 8.27. The molecular weight excluding hydrogens is 408 g/mol. The van der Waals surface area contributed by atoms with Gasteiger partial charge in [0.25, 0.3) is 0 Å². The van der Waals surface area contributed by atoms with Gasteiger partial charge in [0.1, 0.15) is 18.2 Å². The lowest BCUT2D eigenvalue weighted by Crippen LogP contribution is -2.04. The Morgan fingerprint density at radius 1 is 0.889 bits per heavy atom. The van der Waals surface area contributed by atoms with E-state index in [4.69, 9.17) is 39.5 Å². The van der Waals surface area contributed by atoms with Crippen molar-refractivity contribution < 1.29 is 9.13 Å². The molecule has 3 aromatic carbocycles. The second-order valence-corrected chi connectivity index (χ2v) is 7.34. The Bertz CT molecular complexity index is 962. The molecule has 0 aliphatic carbocycles. The summed E-state index contributed by atoms with van der Waals surface area (Å²) in [6.45, 7) is 2.69. The number of nitrogens with one attached hydrogen (secondary N) is 1. The normalized spacial score (nSPS) is 10.7. The van der Waals surface area contributed by atoms with E-state index in [0.29, 0.717) is 32.9 Å². The Hall–Kier alpha value is -1.94. The summed E-state index contributed by atoms with van der Waals surface area (Å²) in [6.07, 6.45) is 0. The van der Waals surface area contributed by atoms with Crippen molar-refractivity contribution >= 4 is 40.5 Å². The summed E-state index contributed by atoms with van der Waals surface area (Å²) >= 11 is 18.4. The Morgan fingerprint density at radius 3 is 2.44 bits per heavy atom. The molecule has 3 rings (SSSR count). The van der Waals surface area contributed by atoms with Crippen molar-refractivity contribution in [3.8, 4) is 5.75 Å². The lowest BCUT2D eigenvalue weighted by atomic mass is 10.1. The fourth-order valence-corrected chi connectivity index (χ4v) is 3.12. The molecule has 1 N–H and O–H groups in total. The number of rotatable bonds is 6. The molecular formula is C21H17Cl3FNO. The van der Waals surface area contributed by atoms with E-state index in [1.165, 1.54) is 12.1 Å². The largest absolute Gasteiger partial charge is 0.488 e. The van der Waals surface area contributed by atoms with Gasteiger partial charge >= 0.3 is 0 Å². The van der Waals surface area contributed by atoms with Crippen LogP contribution in [0.3, 0.4) is 0 Å². The smallest absolute Gasteiger partial charge is 0.124 e. The van der Waals surface area contributed by atoms with Gasteiger partial charge in [0.05, 0.1) is 5.02 Å². The van der Waals surface area contributed by atoms with E-state index in [2.05, 4.69) is 5.32 Å². The molecule has 0 amide bonds. The summed E-state index contributed by atoms with van der Waals surface area (Å²) in [6, 6.07) is 15.4. The number of hydrogen-bond donors (Lipinski definition) is 1. The van der Waals surface area contributed by atoms with Gasteiger partial charge in [-0.2, -0.15) is 0 Å². The molecule has 27 heavy (non-hydrogen) atoms. The molecule has 0 saturated carbocycles. The van der Waals surface area contributed by atoms with Crippen LogP contribution in [0, 0.1) is 12.7 Å². The van der Waals surface area contributed by atoms with Crippen molar-refractivity contribution in [3.63, 3.8) is 0 Å². The maximum absolute atomic E-state index is 13.2. The van der Waals surface area contributed by atoms with Gasteiger partial charge in [-0.1, -0.05) is 46.9 Å². The van der Waals surface area contributed by atoms with Crippen LogP contribution in [0.25, 0.3) is 0 Å². The van der Waals surface area contributed by atoms with Crippen LogP contribution in [0.15, 0.2) is 54.6 Å². The Kier molecular flexibility index (Phi) is 6.48. The summed E-state index contributed by atoms with van der Waals surface area (Å²) in [7, 11) is 0. The van der Waals surface area contributed by atoms with Gasteiger partial charge in [0.2, 0.25) is 0 Å². The van der Waals surface area contributed by atoms with Crippen LogP contribution in [0.5, 0.6) is 5.75 Å². The van der Waals surface area contributed by atoms with E-state index in [1.54, 1.807) is 18.2 Å². The Morgan fingerprint density at radius 2 is 1.70 bits per heavy atom. The summed E-state index contributed by atoms with van der Waals surface area (Å²) in [5.41, 5.74) is 3.51. The molecule has 0 aliphatic rings. The predicted molar refractivity (Wildman–Crippen MR) is 111 cm³/mol. The molecule has 0 heterocycles. The van der Waals surface area contributed by atoms with Crippen molar-refractivity contribution in [2.24, 2.45) is 0 Å². The first kappa shape index (κ1) is 19.8. The van der Waals surface area contributed by atoms with Crippen LogP contribution in [0.2, 0.25) is 15.1 Å². The van der Waals surface area contributed by atoms with Crippen molar-refractivity contribution in [1.82, 2.24) is 0 Å². The van der Waals surface area contributed by atoms with E-state index in [0.717, 1.165) is 16.8 Å². The van der Waals surface area contributed by atoms with Crippen LogP contribution in [-0.2, 0) is 13.2 Å². The van der Waals surface area contributed by atoms with E-state index in [-0.39, 0.29) is 12.4 Å². The molecule has 0 aromatic heterocycles. The maximum Gasteiger partial charge on any atom is 0.124 e. The fraction of sp³-hybridized carbons (Fsp3) is 0.143. The van der Waals surface area contributed by atoms with Crippen molar-refractivity contribution in [2.75, 3.05) is 5.32 Å². The average molecular weight is 425 g/mol. The van der Waals surface area contributed by atoms with Gasteiger partial charge in [-0.25, -0.2) is 4.39 Å². The first-order valence-corrected chi connectivity index (χ1v) is 9.41. The molecule has 0 atom stereocenters.